The maximum Gasteiger partial charge on any atom is 0.416 e. The van der Waals surface area contributed by atoms with Gasteiger partial charge < -0.3 is 10.1 Å². The van der Waals surface area contributed by atoms with Crippen molar-refractivity contribution in [3.63, 3.8) is 0 Å². The number of ether oxygens (including phenoxy) is 1. The second-order valence-corrected chi connectivity index (χ2v) is 6.86. The van der Waals surface area contributed by atoms with E-state index < -0.39 is 17.6 Å². The van der Waals surface area contributed by atoms with Gasteiger partial charge in [-0.1, -0.05) is 52.3 Å². The standard InChI is InChI=1S/C21H15BrF3NO2/c22-16-9-10-19(28-13-14-5-2-1-3-6-14)18(12-16)20(27)26-17-8-4-7-15(11-17)21(23,24)25/h1-12H,13H2,(H,26,27). The molecule has 3 aromatic carbocycles. The second kappa shape index (κ2) is 8.48. The fourth-order valence-electron chi connectivity index (χ4n) is 2.51. The van der Waals surface area contributed by atoms with Crippen molar-refractivity contribution in [1.29, 1.82) is 0 Å². The number of nitrogens with one attached hydrogen (secondary N) is 1. The van der Waals surface area contributed by atoms with Gasteiger partial charge in [-0.3, -0.25) is 4.79 Å². The van der Waals surface area contributed by atoms with Gasteiger partial charge in [-0.2, -0.15) is 13.2 Å². The molecule has 0 bridgehead atoms. The highest BCUT2D eigenvalue weighted by atomic mass is 79.9. The molecule has 7 heteroatoms. The first-order valence-electron chi connectivity index (χ1n) is 8.28. The molecule has 0 fully saturated rings. The Labute approximate surface area is 168 Å². The molecule has 0 saturated heterocycles. The van der Waals surface area contributed by atoms with Crippen molar-refractivity contribution < 1.29 is 22.7 Å². The van der Waals surface area contributed by atoms with Crippen molar-refractivity contribution in [1.82, 2.24) is 0 Å². The predicted molar refractivity (Wildman–Crippen MR) is 104 cm³/mol. The minimum Gasteiger partial charge on any atom is -0.488 e. The Morgan fingerprint density at radius 2 is 1.71 bits per heavy atom. The molecule has 0 aliphatic rings. The van der Waals surface area contributed by atoms with Gasteiger partial charge >= 0.3 is 6.18 Å². The Morgan fingerprint density at radius 3 is 2.43 bits per heavy atom. The van der Waals surface area contributed by atoms with Crippen LogP contribution in [0.4, 0.5) is 18.9 Å². The van der Waals surface area contributed by atoms with Crippen molar-refractivity contribution in [2.45, 2.75) is 12.8 Å². The number of alkyl halides is 3. The van der Waals surface area contributed by atoms with Crippen LogP contribution in [0, 0.1) is 0 Å². The topological polar surface area (TPSA) is 38.3 Å². The zero-order valence-corrected chi connectivity index (χ0v) is 16.0. The Kier molecular flexibility index (Phi) is 6.04. The van der Waals surface area contributed by atoms with Gasteiger partial charge in [0.15, 0.2) is 0 Å². The van der Waals surface area contributed by atoms with E-state index in [1.165, 1.54) is 12.1 Å². The first-order valence-corrected chi connectivity index (χ1v) is 9.07. The lowest BCUT2D eigenvalue weighted by atomic mass is 10.1. The molecule has 0 aliphatic carbocycles. The maximum atomic E-state index is 12.9. The van der Waals surface area contributed by atoms with E-state index in [4.69, 9.17) is 4.74 Å². The van der Waals surface area contributed by atoms with E-state index in [0.717, 1.165) is 17.7 Å². The number of amides is 1. The predicted octanol–water partition coefficient (Wildman–Crippen LogP) is 6.30. The molecule has 1 amide bonds. The van der Waals surface area contributed by atoms with Crippen LogP contribution in [0.3, 0.4) is 0 Å². The molecule has 0 saturated carbocycles. The van der Waals surface area contributed by atoms with Crippen molar-refractivity contribution >= 4 is 27.5 Å². The molecule has 3 aromatic rings. The summed E-state index contributed by atoms with van der Waals surface area (Å²) in [5.41, 5.74) is 0.353. The molecule has 0 unspecified atom stereocenters. The number of hydrogen-bond donors (Lipinski definition) is 1. The average molecular weight is 450 g/mol. The van der Waals surface area contributed by atoms with Gasteiger partial charge in [0.2, 0.25) is 0 Å². The Morgan fingerprint density at radius 1 is 0.964 bits per heavy atom. The minimum absolute atomic E-state index is 0.0498. The van der Waals surface area contributed by atoms with E-state index in [2.05, 4.69) is 21.2 Å². The van der Waals surface area contributed by atoms with Crippen molar-refractivity contribution in [2.75, 3.05) is 5.32 Å². The highest BCUT2D eigenvalue weighted by molar-refractivity contribution is 9.10. The maximum absolute atomic E-state index is 12.9. The van der Waals surface area contributed by atoms with Crippen LogP contribution in [-0.4, -0.2) is 5.91 Å². The van der Waals surface area contributed by atoms with E-state index in [1.54, 1.807) is 18.2 Å². The van der Waals surface area contributed by atoms with Crippen LogP contribution in [0.15, 0.2) is 77.3 Å². The molecule has 144 valence electrons. The van der Waals surface area contributed by atoms with Gasteiger partial charge in [0.1, 0.15) is 12.4 Å². The summed E-state index contributed by atoms with van der Waals surface area (Å²) in [6.45, 7) is 0.256. The molecular formula is C21H15BrF3NO2. The van der Waals surface area contributed by atoms with Crippen LogP contribution in [0.5, 0.6) is 5.75 Å². The van der Waals surface area contributed by atoms with Crippen LogP contribution in [-0.2, 0) is 12.8 Å². The van der Waals surface area contributed by atoms with Gasteiger partial charge in [-0.25, -0.2) is 0 Å². The summed E-state index contributed by atoms with van der Waals surface area (Å²) >= 11 is 3.30. The van der Waals surface area contributed by atoms with E-state index in [9.17, 15) is 18.0 Å². The summed E-state index contributed by atoms with van der Waals surface area (Å²) in [7, 11) is 0. The highest BCUT2D eigenvalue weighted by Crippen LogP contribution is 2.31. The Balaban J connectivity index is 1.80. The molecule has 28 heavy (non-hydrogen) atoms. The van der Waals surface area contributed by atoms with E-state index >= 15 is 0 Å². The summed E-state index contributed by atoms with van der Waals surface area (Å²) < 4.78 is 45.0. The van der Waals surface area contributed by atoms with Gasteiger partial charge in [0.05, 0.1) is 11.1 Å². The number of anilines is 1. The van der Waals surface area contributed by atoms with Crippen molar-refractivity contribution in [3.8, 4) is 5.75 Å². The molecule has 0 heterocycles. The van der Waals surface area contributed by atoms with Gasteiger partial charge in [-0.05, 0) is 42.0 Å². The quantitative estimate of drug-likeness (QED) is 0.496. The summed E-state index contributed by atoms with van der Waals surface area (Å²) in [5.74, 6) is -0.236. The Bertz CT molecular complexity index is 975. The van der Waals surface area contributed by atoms with Gasteiger partial charge in [0, 0.05) is 10.2 Å². The number of rotatable bonds is 5. The fraction of sp³-hybridized carbons (Fsp3) is 0.0952. The zero-order chi connectivity index (χ0) is 20.1. The minimum atomic E-state index is -4.49. The monoisotopic (exact) mass is 449 g/mol. The van der Waals surface area contributed by atoms with E-state index in [0.29, 0.717) is 10.2 Å². The third-order valence-electron chi connectivity index (χ3n) is 3.87. The lowest BCUT2D eigenvalue weighted by molar-refractivity contribution is -0.137. The number of benzene rings is 3. The molecule has 0 radical (unpaired) electrons. The smallest absolute Gasteiger partial charge is 0.416 e. The highest BCUT2D eigenvalue weighted by Gasteiger charge is 2.30. The second-order valence-electron chi connectivity index (χ2n) is 5.95. The number of carbonyl (C=O) groups is 1. The van der Waals surface area contributed by atoms with Crippen LogP contribution < -0.4 is 10.1 Å². The SMILES string of the molecule is O=C(Nc1cccc(C(F)(F)F)c1)c1cc(Br)ccc1OCc1ccccc1. The molecule has 0 atom stereocenters. The summed E-state index contributed by atoms with van der Waals surface area (Å²) in [5, 5.41) is 2.50. The summed E-state index contributed by atoms with van der Waals surface area (Å²) in [6, 6.07) is 18.8. The normalized spacial score (nSPS) is 11.1. The summed E-state index contributed by atoms with van der Waals surface area (Å²) in [4.78, 5) is 12.7. The van der Waals surface area contributed by atoms with Crippen LogP contribution in [0.1, 0.15) is 21.5 Å². The lowest BCUT2D eigenvalue weighted by Gasteiger charge is -2.13. The van der Waals surface area contributed by atoms with Crippen molar-refractivity contribution in [3.05, 3.63) is 94.0 Å². The molecule has 0 aromatic heterocycles. The molecular weight excluding hydrogens is 435 g/mol. The van der Waals surface area contributed by atoms with Crippen molar-refractivity contribution in [2.24, 2.45) is 0 Å². The Hall–Kier alpha value is -2.80. The largest absolute Gasteiger partial charge is 0.488 e. The third kappa shape index (κ3) is 5.13. The average Bonchev–Trinajstić information content (AvgIpc) is 2.67. The van der Waals surface area contributed by atoms with Crippen LogP contribution >= 0.6 is 15.9 Å². The molecule has 0 spiro atoms. The molecule has 1 N–H and O–H groups in total. The molecule has 3 nitrogen and oxygen atoms in total. The third-order valence-corrected chi connectivity index (χ3v) is 4.36. The first-order chi connectivity index (χ1) is 13.3. The van der Waals surface area contributed by atoms with Crippen LogP contribution in [0.25, 0.3) is 0 Å². The zero-order valence-electron chi connectivity index (χ0n) is 14.5. The molecule has 3 rings (SSSR count). The fourth-order valence-corrected chi connectivity index (χ4v) is 2.87. The number of halogens is 4. The number of carbonyl (C=O) groups excluding carboxylic acids is 1. The lowest BCUT2D eigenvalue weighted by Crippen LogP contribution is -2.14. The van der Waals surface area contributed by atoms with E-state index in [1.807, 2.05) is 30.3 Å². The first kappa shape index (κ1) is 19.9. The van der Waals surface area contributed by atoms with Gasteiger partial charge in [0.25, 0.3) is 5.91 Å². The molecule has 0 aliphatic heterocycles. The number of hydrogen-bond acceptors (Lipinski definition) is 2. The summed E-state index contributed by atoms with van der Waals surface area (Å²) in [6.07, 6.45) is -4.49. The van der Waals surface area contributed by atoms with Gasteiger partial charge in [-0.15, -0.1) is 0 Å². The van der Waals surface area contributed by atoms with E-state index in [-0.39, 0.29) is 17.9 Å². The van der Waals surface area contributed by atoms with Crippen LogP contribution in [0.2, 0.25) is 0 Å².